The summed E-state index contributed by atoms with van der Waals surface area (Å²) in [6.45, 7) is 1.18. The number of H-pyrrole nitrogens is 1. The van der Waals surface area contributed by atoms with Crippen LogP contribution in [0.5, 0.6) is 11.5 Å². The number of amides is 1. The van der Waals surface area contributed by atoms with E-state index in [0.29, 0.717) is 18.9 Å². The van der Waals surface area contributed by atoms with Gasteiger partial charge in [0, 0.05) is 23.6 Å². The van der Waals surface area contributed by atoms with E-state index in [1.54, 1.807) is 7.11 Å². The van der Waals surface area contributed by atoms with Gasteiger partial charge in [0.05, 0.1) is 13.2 Å². The van der Waals surface area contributed by atoms with Crippen molar-refractivity contribution >= 4 is 17.3 Å². The molecule has 5 rings (SSSR count). The third-order valence-corrected chi connectivity index (χ3v) is 6.56. The lowest BCUT2D eigenvalue weighted by Gasteiger charge is -2.35. The van der Waals surface area contributed by atoms with Gasteiger partial charge in [0.2, 0.25) is 6.41 Å². The first-order chi connectivity index (χ1) is 16.3. The molecule has 0 aliphatic carbocycles. The average molecular weight is 441 g/mol. The number of rotatable bonds is 8. The highest BCUT2D eigenvalue weighted by Crippen LogP contribution is 2.40. The Morgan fingerprint density at radius 3 is 2.70 bits per heavy atom. The van der Waals surface area contributed by atoms with Gasteiger partial charge in [0.15, 0.2) is 11.5 Å². The number of aromatic amines is 1. The Balaban J connectivity index is 1.42. The fraction of sp³-hybridized carbons (Fsp3) is 0.250. The number of hydrogen-bond donors (Lipinski definition) is 1. The second kappa shape index (κ2) is 9.41. The number of hydrogen-bond acceptors (Lipinski definition) is 3. The highest BCUT2D eigenvalue weighted by atomic mass is 16.5. The van der Waals surface area contributed by atoms with Gasteiger partial charge in [0.25, 0.3) is 0 Å². The molecule has 5 nitrogen and oxygen atoms in total. The Morgan fingerprint density at radius 2 is 1.88 bits per heavy atom. The monoisotopic (exact) mass is 440 g/mol. The second-order valence-electron chi connectivity index (χ2n) is 8.48. The van der Waals surface area contributed by atoms with Crippen molar-refractivity contribution < 1.29 is 14.3 Å². The second-order valence-corrected chi connectivity index (χ2v) is 8.48. The van der Waals surface area contributed by atoms with Crippen molar-refractivity contribution in [2.24, 2.45) is 0 Å². The summed E-state index contributed by atoms with van der Waals surface area (Å²) in [4.78, 5) is 17.2. The van der Waals surface area contributed by atoms with Crippen LogP contribution in [0.25, 0.3) is 10.9 Å². The van der Waals surface area contributed by atoms with Crippen LogP contribution in [0.2, 0.25) is 0 Å². The summed E-state index contributed by atoms with van der Waals surface area (Å²) in [6.07, 6.45) is 5.61. The smallest absolute Gasteiger partial charge is 0.210 e. The normalized spacial score (nSPS) is 15.3. The van der Waals surface area contributed by atoms with E-state index in [-0.39, 0.29) is 6.04 Å². The molecule has 0 saturated heterocycles. The summed E-state index contributed by atoms with van der Waals surface area (Å²) >= 11 is 0. The Morgan fingerprint density at radius 1 is 1.06 bits per heavy atom. The fourth-order valence-corrected chi connectivity index (χ4v) is 4.81. The summed E-state index contributed by atoms with van der Waals surface area (Å²) in [5.74, 6) is 1.45. The Hall–Kier alpha value is -3.73. The van der Waals surface area contributed by atoms with Crippen molar-refractivity contribution in [2.45, 2.75) is 31.9 Å². The minimum absolute atomic E-state index is 0.00453. The number of methoxy groups -OCH3 is 1. The van der Waals surface area contributed by atoms with Gasteiger partial charge in [0.1, 0.15) is 6.61 Å². The van der Waals surface area contributed by atoms with E-state index >= 15 is 0 Å². The lowest BCUT2D eigenvalue weighted by Crippen LogP contribution is -2.34. The van der Waals surface area contributed by atoms with Gasteiger partial charge in [-0.3, -0.25) is 4.79 Å². The van der Waals surface area contributed by atoms with Crippen LogP contribution in [-0.4, -0.2) is 29.9 Å². The molecule has 2 heterocycles. The maximum Gasteiger partial charge on any atom is 0.210 e. The van der Waals surface area contributed by atoms with Crippen LogP contribution in [0.1, 0.15) is 34.7 Å². The topological polar surface area (TPSA) is 54.6 Å². The number of nitrogens with zero attached hydrogens (tertiary/aromatic N) is 1. The third kappa shape index (κ3) is 4.31. The molecule has 0 spiro atoms. The van der Waals surface area contributed by atoms with Crippen LogP contribution in [0.4, 0.5) is 0 Å². The van der Waals surface area contributed by atoms with Crippen molar-refractivity contribution in [3.63, 3.8) is 0 Å². The third-order valence-electron chi connectivity index (χ3n) is 6.56. The zero-order valence-corrected chi connectivity index (χ0v) is 18.8. The molecular formula is C28H28N2O3. The molecule has 1 N–H and O–H groups in total. The molecule has 4 aromatic rings. The molecule has 1 atom stereocenters. The molecule has 0 unspecified atom stereocenters. The number of nitrogens with one attached hydrogen (secondary N) is 1. The maximum absolute atomic E-state index is 11.9. The average Bonchev–Trinajstić information content (AvgIpc) is 3.29. The number of fused-ring (bicyclic) bond motifs is 2. The molecule has 1 aliphatic rings. The highest BCUT2D eigenvalue weighted by Gasteiger charge is 2.28. The van der Waals surface area contributed by atoms with Crippen molar-refractivity contribution in [1.29, 1.82) is 0 Å². The van der Waals surface area contributed by atoms with Gasteiger partial charge in [-0.2, -0.15) is 0 Å². The first-order valence-corrected chi connectivity index (χ1v) is 11.4. The molecule has 0 radical (unpaired) electrons. The van der Waals surface area contributed by atoms with E-state index in [0.717, 1.165) is 48.1 Å². The molecule has 0 saturated carbocycles. The van der Waals surface area contributed by atoms with Crippen molar-refractivity contribution in [1.82, 2.24) is 9.88 Å². The standard InChI is InChI=1S/C28H28N2O3/c1-32-27-15-21-13-14-30(19-31)26(12-11-22-17-29-25-10-6-5-9-23(22)25)24(21)16-28(27)33-18-20-7-3-2-4-8-20/h2-10,15-17,19,26,29H,11-14,18H2,1H3/t26-/m0/s1. The van der Waals surface area contributed by atoms with Crippen LogP contribution in [0, 0.1) is 0 Å². The summed E-state index contributed by atoms with van der Waals surface area (Å²) in [6, 6.07) is 22.6. The predicted octanol–water partition coefficient (Wildman–Crippen LogP) is 5.44. The lowest BCUT2D eigenvalue weighted by atomic mass is 9.88. The molecule has 0 bridgehead atoms. The van der Waals surface area contributed by atoms with Crippen LogP contribution in [0.3, 0.4) is 0 Å². The van der Waals surface area contributed by atoms with Crippen LogP contribution in [-0.2, 0) is 24.2 Å². The van der Waals surface area contributed by atoms with Crippen molar-refractivity contribution in [3.8, 4) is 11.5 Å². The SMILES string of the molecule is COc1cc2c(cc1OCc1ccccc1)[C@H](CCc1c[nH]c3ccccc13)N(C=O)CC2. The Labute approximate surface area is 193 Å². The van der Waals surface area contributed by atoms with Gasteiger partial charge < -0.3 is 19.4 Å². The molecule has 1 aromatic heterocycles. The van der Waals surface area contributed by atoms with Gasteiger partial charge >= 0.3 is 0 Å². The highest BCUT2D eigenvalue weighted by molar-refractivity contribution is 5.83. The van der Waals surface area contributed by atoms with Gasteiger partial charge in [-0.1, -0.05) is 48.5 Å². The molecule has 3 aromatic carbocycles. The minimum atomic E-state index is 0.00453. The van der Waals surface area contributed by atoms with Crippen LogP contribution >= 0.6 is 0 Å². The maximum atomic E-state index is 11.9. The van der Waals surface area contributed by atoms with Crippen molar-refractivity contribution in [3.05, 3.63) is 95.2 Å². The summed E-state index contributed by atoms with van der Waals surface area (Å²) in [7, 11) is 1.67. The first kappa shape index (κ1) is 21.1. The molecule has 1 amide bonds. The van der Waals surface area contributed by atoms with Gasteiger partial charge in [-0.25, -0.2) is 0 Å². The lowest BCUT2D eigenvalue weighted by molar-refractivity contribution is -0.120. The summed E-state index contributed by atoms with van der Waals surface area (Å²) < 4.78 is 11.8. The zero-order valence-electron chi connectivity index (χ0n) is 18.8. The largest absolute Gasteiger partial charge is 0.493 e. The molecule has 0 fully saturated rings. The number of benzene rings is 3. The molecule has 5 heteroatoms. The van der Waals surface area contributed by atoms with E-state index in [1.165, 1.54) is 16.5 Å². The Bertz CT molecular complexity index is 1250. The molecule has 1 aliphatic heterocycles. The van der Waals surface area contributed by atoms with E-state index in [4.69, 9.17) is 9.47 Å². The number of aromatic nitrogens is 1. The number of carbonyl (C=O) groups is 1. The quantitative estimate of drug-likeness (QED) is 0.371. The zero-order chi connectivity index (χ0) is 22.6. The number of carbonyl (C=O) groups excluding carboxylic acids is 1. The van der Waals surface area contributed by atoms with Gasteiger partial charge in [-0.15, -0.1) is 0 Å². The number of ether oxygens (including phenoxy) is 2. The van der Waals surface area contributed by atoms with E-state index < -0.39 is 0 Å². The molecule has 168 valence electrons. The van der Waals surface area contributed by atoms with E-state index in [2.05, 4.69) is 41.5 Å². The first-order valence-electron chi connectivity index (χ1n) is 11.4. The minimum Gasteiger partial charge on any atom is -0.493 e. The summed E-state index contributed by atoms with van der Waals surface area (Å²) in [5, 5.41) is 1.24. The predicted molar refractivity (Wildman–Crippen MR) is 130 cm³/mol. The van der Waals surface area contributed by atoms with E-state index in [1.807, 2.05) is 41.3 Å². The van der Waals surface area contributed by atoms with Gasteiger partial charge in [-0.05, 0) is 59.7 Å². The van der Waals surface area contributed by atoms with Crippen LogP contribution in [0.15, 0.2) is 72.9 Å². The Kier molecular flexibility index (Phi) is 6.03. The number of para-hydroxylation sites is 1. The van der Waals surface area contributed by atoms with E-state index in [9.17, 15) is 4.79 Å². The molecular weight excluding hydrogens is 412 g/mol. The summed E-state index contributed by atoms with van der Waals surface area (Å²) in [5.41, 5.74) is 5.89. The number of aryl methyl sites for hydroxylation is 1. The van der Waals surface area contributed by atoms with Crippen molar-refractivity contribution in [2.75, 3.05) is 13.7 Å². The fourth-order valence-electron chi connectivity index (χ4n) is 4.81. The molecule has 33 heavy (non-hydrogen) atoms. The van der Waals surface area contributed by atoms with Crippen LogP contribution < -0.4 is 9.47 Å².